The highest BCUT2D eigenvalue weighted by Crippen LogP contribution is 2.38. The van der Waals surface area contributed by atoms with Crippen LogP contribution in [-0.4, -0.2) is 42.1 Å². The number of amides is 1. The number of halogens is 1. The summed E-state index contributed by atoms with van der Waals surface area (Å²) in [5.41, 5.74) is 2.95. The van der Waals surface area contributed by atoms with Crippen LogP contribution in [0.3, 0.4) is 0 Å². The maximum absolute atomic E-state index is 14.3. The first-order valence-electron chi connectivity index (χ1n) is 10.0. The lowest BCUT2D eigenvalue weighted by atomic mass is 10.00. The normalized spacial score (nSPS) is 15.9. The topological polar surface area (TPSA) is 92.8 Å². The maximum Gasteiger partial charge on any atom is 0.266 e. The molecule has 6 rings (SSSR count). The molecule has 0 spiro atoms. The number of rotatable bonds is 3. The van der Waals surface area contributed by atoms with E-state index >= 15 is 0 Å². The minimum absolute atomic E-state index is 0.169. The van der Waals surface area contributed by atoms with Gasteiger partial charge in [0.05, 0.1) is 29.8 Å². The van der Waals surface area contributed by atoms with E-state index in [4.69, 9.17) is 4.42 Å². The Morgan fingerprint density at radius 1 is 1.31 bits per heavy atom. The summed E-state index contributed by atoms with van der Waals surface area (Å²) in [6.45, 7) is 0.471. The van der Waals surface area contributed by atoms with Crippen LogP contribution >= 0.6 is 11.3 Å². The summed E-state index contributed by atoms with van der Waals surface area (Å²) in [5.74, 6) is -0.0577. The maximum atomic E-state index is 14.3. The third-order valence-corrected chi connectivity index (χ3v) is 6.69. The fraction of sp³-hybridized carbons (Fsp3) is 0.182. The predicted octanol–water partition coefficient (Wildman–Crippen LogP) is 3.94. The number of carbonyl (C=O) groups is 1. The van der Waals surface area contributed by atoms with Gasteiger partial charge in [-0.15, -0.1) is 11.3 Å². The lowest BCUT2D eigenvalue weighted by molar-refractivity contribution is 0.0677. The molecule has 0 fully saturated rings. The van der Waals surface area contributed by atoms with Gasteiger partial charge in [0.25, 0.3) is 5.91 Å². The number of aromatic amines is 1. The monoisotopic (exact) mass is 448 g/mol. The Balaban J connectivity index is 1.41. The molecule has 5 aromatic rings. The first kappa shape index (κ1) is 18.9. The van der Waals surface area contributed by atoms with Crippen molar-refractivity contribution in [2.45, 2.75) is 12.5 Å². The molecule has 5 heterocycles. The number of H-pyrrole nitrogens is 1. The van der Waals surface area contributed by atoms with Crippen molar-refractivity contribution >= 4 is 28.2 Å². The molecule has 0 saturated heterocycles. The summed E-state index contributed by atoms with van der Waals surface area (Å²) in [4.78, 5) is 27.8. The van der Waals surface area contributed by atoms with Gasteiger partial charge < -0.3 is 14.3 Å². The van der Waals surface area contributed by atoms with Gasteiger partial charge in [0.1, 0.15) is 33.1 Å². The van der Waals surface area contributed by atoms with Crippen molar-refractivity contribution in [1.29, 1.82) is 0 Å². The number of furan rings is 1. The van der Waals surface area contributed by atoms with Gasteiger partial charge in [-0.05, 0) is 18.2 Å². The number of fused-ring (bicyclic) bond motifs is 2. The van der Waals surface area contributed by atoms with Crippen molar-refractivity contribution in [3.05, 3.63) is 77.0 Å². The fourth-order valence-corrected chi connectivity index (χ4v) is 4.99. The summed E-state index contributed by atoms with van der Waals surface area (Å²) in [6, 6.07) is 5.81. The Kier molecular flexibility index (Phi) is 4.22. The lowest BCUT2D eigenvalue weighted by Crippen LogP contribution is -2.40. The van der Waals surface area contributed by atoms with E-state index in [1.54, 1.807) is 46.5 Å². The number of aryl methyl sites for hydroxylation is 1. The SMILES string of the molecule is Cn1cc(-c2ncc(C(=O)N3CCc4[nH]cnc4[C@@H]3c3cc4c(F)cccc4o3)s2)cn1. The number of nitrogens with zero attached hydrogens (tertiary/aromatic N) is 5. The molecular weight excluding hydrogens is 431 g/mol. The van der Waals surface area contributed by atoms with E-state index in [2.05, 4.69) is 20.1 Å². The predicted molar refractivity (Wildman–Crippen MR) is 116 cm³/mol. The summed E-state index contributed by atoms with van der Waals surface area (Å²) in [7, 11) is 1.83. The number of carbonyl (C=O) groups excluding carboxylic acids is 1. The molecule has 160 valence electrons. The van der Waals surface area contributed by atoms with Crippen LogP contribution in [0, 0.1) is 5.82 Å². The molecule has 0 bridgehead atoms. The van der Waals surface area contributed by atoms with Crippen molar-refractivity contribution in [1.82, 2.24) is 29.6 Å². The zero-order chi connectivity index (χ0) is 21.8. The molecule has 4 aromatic heterocycles. The Hall–Kier alpha value is -3.79. The summed E-state index contributed by atoms with van der Waals surface area (Å²) < 4.78 is 22.0. The van der Waals surface area contributed by atoms with Crippen molar-refractivity contribution in [3.8, 4) is 10.6 Å². The number of nitrogens with one attached hydrogen (secondary N) is 1. The van der Waals surface area contributed by atoms with Gasteiger partial charge >= 0.3 is 0 Å². The second kappa shape index (κ2) is 7.13. The summed E-state index contributed by atoms with van der Waals surface area (Å²) in [6.07, 6.45) is 7.42. The molecule has 8 nitrogen and oxygen atoms in total. The molecule has 1 aliphatic rings. The molecule has 10 heteroatoms. The minimum Gasteiger partial charge on any atom is -0.458 e. The van der Waals surface area contributed by atoms with Gasteiger partial charge in [0.2, 0.25) is 0 Å². The van der Waals surface area contributed by atoms with Crippen LogP contribution in [-0.2, 0) is 13.5 Å². The van der Waals surface area contributed by atoms with E-state index in [9.17, 15) is 9.18 Å². The van der Waals surface area contributed by atoms with E-state index in [0.717, 1.165) is 16.3 Å². The van der Waals surface area contributed by atoms with Crippen LogP contribution in [0.15, 0.2) is 53.6 Å². The van der Waals surface area contributed by atoms with Gasteiger partial charge in [0.15, 0.2) is 0 Å². The van der Waals surface area contributed by atoms with Gasteiger partial charge in [-0.2, -0.15) is 5.10 Å². The average Bonchev–Trinajstić information content (AvgIpc) is 3.57. The average molecular weight is 448 g/mol. The van der Waals surface area contributed by atoms with Crippen LogP contribution in [0.4, 0.5) is 4.39 Å². The van der Waals surface area contributed by atoms with Crippen LogP contribution in [0.5, 0.6) is 0 Å². The van der Waals surface area contributed by atoms with E-state index in [1.807, 2.05) is 13.2 Å². The molecule has 0 unspecified atom stereocenters. The van der Waals surface area contributed by atoms with Gasteiger partial charge in [-0.3, -0.25) is 9.48 Å². The van der Waals surface area contributed by atoms with E-state index in [-0.39, 0.29) is 11.7 Å². The second-order valence-corrected chi connectivity index (χ2v) is 8.68. The van der Waals surface area contributed by atoms with Crippen molar-refractivity contribution < 1.29 is 13.6 Å². The third kappa shape index (κ3) is 2.94. The Bertz CT molecular complexity index is 1460. The molecule has 0 aliphatic carbocycles. The molecule has 1 atom stereocenters. The Labute approximate surface area is 185 Å². The van der Waals surface area contributed by atoms with Gasteiger partial charge in [-0.1, -0.05) is 6.07 Å². The molecule has 32 heavy (non-hydrogen) atoms. The number of hydrogen-bond donors (Lipinski definition) is 1. The van der Waals surface area contributed by atoms with E-state index < -0.39 is 6.04 Å². The number of aromatic nitrogens is 5. The van der Waals surface area contributed by atoms with Crippen LogP contribution < -0.4 is 0 Å². The zero-order valence-corrected chi connectivity index (χ0v) is 17.8. The van der Waals surface area contributed by atoms with Crippen molar-refractivity contribution in [2.24, 2.45) is 7.05 Å². The molecule has 1 aromatic carbocycles. The zero-order valence-electron chi connectivity index (χ0n) is 16.9. The van der Waals surface area contributed by atoms with Crippen LogP contribution in [0.2, 0.25) is 0 Å². The van der Waals surface area contributed by atoms with Crippen molar-refractivity contribution in [3.63, 3.8) is 0 Å². The van der Waals surface area contributed by atoms with E-state index in [0.29, 0.717) is 40.3 Å². The van der Waals surface area contributed by atoms with Crippen molar-refractivity contribution in [2.75, 3.05) is 6.54 Å². The van der Waals surface area contributed by atoms with Gasteiger partial charge in [-0.25, -0.2) is 14.4 Å². The summed E-state index contributed by atoms with van der Waals surface area (Å²) in [5, 5.41) is 5.28. The van der Waals surface area contributed by atoms with Gasteiger partial charge in [0, 0.05) is 37.5 Å². The number of imidazole rings is 1. The molecule has 0 saturated carbocycles. The largest absolute Gasteiger partial charge is 0.458 e. The highest BCUT2D eigenvalue weighted by Gasteiger charge is 2.37. The summed E-state index contributed by atoms with van der Waals surface area (Å²) >= 11 is 1.31. The highest BCUT2D eigenvalue weighted by atomic mass is 32.1. The van der Waals surface area contributed by atoms with Crippen LogP contribution in [0.1, 0.15) is 32.9 Å². The lowest BCUT2D eigenvalue weighted by Gasteiger charge is -2.33. The molecular formula is C22H17FN6O2S. The first-order chi connectivity index (χ1) is 15.6. The van der Waals surface area contributed by atoms with Crippen LogP contribution in [0.25, 0.3) is 21.5 Å². The Morgan fingerprint density at radius 2 is 2.22 bits per heavy atom. The molecule has 1 N–H and O–H groups in total. The van der Waals surface area contributed by atoms with E-state index in [1.165, 1.54) is 17.4 Å². The number of hydrogen-bond acceptors (Lipinski definition) is 6. The first-order valence-corrected chi connectivity index (χ1v) is 10.9. The quantitative estimate of drug-likeness (QED) is 0.451. The highest BCUT2D eigenvalue weighted by molar-refractivity contribution is 7.16. The standard InChI is InChI=1S/C22H17FN6O2S/c1-28-10-12(8-27-28)21-24-9-18(32-21)22(30)29-6-5-15-19(26-11-25-15)20(29)17-7-13-14(23)3-2-4-16(13)31-17/h2-4,7-11,20H,5-6H2,1H3,(H,25,26)/t20-/m0/s1. The Morgan fingerprint density at radius 3 is 3.03 bits per heavy atom. The number of benzene rings is 1. The third-order valence-electron chi connectivity index (χ3n) is 5.65. The number of thiazole rings is 1. The molecule has 0 radical (unpaired) electrons. The minimum atomic E-state index is -0.562. The second-order valence-electron chi connectivity index (χ2n) is 7.65. The molecule has 1 amide bonds. The molecule has 1 aliphatic heterocycles. The fourth-order valence-electron chi connectivity index (χ4n) is 4.14. The smallest absolute Gasteiger partial charge is 0.266 e.